The van der Waals surface area contributed by atoms with Crippen molar-refractivity contribution in [1.82, 2.24) is 10.2 Å². The number of benzene rings is 1. The van der Waals surface area contributed by atoms with Crippen LogP contribution in [-0.4, -0.2) is 54.3 Å². The molecule has 0 bridgehead atoms. The van der Waals surface area contributed by atoms with Gasteiger partial charge in [0, 0.05) is 25.3 Å². The quantitative estimate of drug-likeness (QED) is 0.570. The first-order chi connectivity index (χ1) is 12.0. The molecule has 131 valence electrons. The number of amides is 4. The first-order valence-corrected chi connectivity index (χ1v) is 8.00. The Morgan fingerprint density at radius 1 is 1.24 bits per heavy atom. The minimum Gasteiger partial charge on any atom is -0.382 e. The van der Waals surface area contributed by atoms with Crippen molar-refractivity contribution in [3.8, 4) is 0 Å². The topological polar surface area (TPSA) is 105 Å². The molecular weight excluding hydrogens is 326 g/mol. The van der Waals surface area contributed by atoms with E-state index in [1.807, 2.05) is 0 Å². The number of rotatable bonds is 6. The third-order valence-corrected chi connectivity index (χ3v) is 4.17. The summed E-state index contributed by atoms with van der Waals surface area (Å²) in [5.41, 5.74) is 1.00. The molecule has 2 N–H and O–H groups in total. The molecule has 2 heterocycles. The second kappa shape index (κ2) is 7.02. The highest BCUT2D eigenvalue weighted by Crippen LogP contribution is 2.32. The summed E-state index contributed by atoms with van der Waals surface area (Å²) in [6, 6.07) is 3.96. The summed E-state index contributed by atoms with van der Waals surface area (Å²) in [6.07, 6.45) is 0.230. The van der Waals surface area contributed by atoms with Crippen molar-refractivity contribution in [2.24, 2.45) is 0 Å². The summed E-state index contributed by atoms with van der Waals surface area (Å²) < 4.78 is 5.14. The Morgan fingerprint density at radius 3 is 2.76 bits per heavy atom. The zero-order valence-electron chi connectivity index (χ0n) is 13.5. The lowest BCUT2D eigenvalue weighted by atomic mass is 10.0. The van der Waals surface area contributed by atoms with Gasteiger partial charge in [-0.25, -0.2) is 0 Å². The number of nitrogens with zero attached hydrogens (tertiary/aromatic N) is 1. The van der Waals surface area contributed by atoms with Crippen LogP contribution in [0.25, 0.3) is 0 Å². The SMILES string of the molecule is [CH2]COCCNc1cccc2c1C(=O)N(C1CCC(=O)NC1=O)C2=O. The van der Waals surface area contributed by atoms with Gasteiger partial charge in [-0.2, -0.15) is 0 Å². The van der Waals surface area contributed by atoms with Crippen molar-refractivity contribution in [2.45, 2.75) is 18.9 Å². The van der Waals surface area contributed by atoms with Crippen LogP contribution in [0.3, 0.4) is 0 Å². The fourth-order valence-electron chi connectivity index (χ4n) is 3.02. The van der Waals surface area contributed by atoms with E-state index in [0.717, 1.165) is 4.90 Å². The average Bonchev–Trinajstić information content (AvgIpc) is 2.84. The van der Waals surface area contributed by atoms with Crippen molar-refractivity contribution < 1.29 is 23.9 Å². The van der Waals surface area contributed by atoms with Crippen LogP contribution in [-0.2, 0) is 14.3 Å². The van der Waals surface area contributed by atoms with E-state index in [2.05, 4.69) is 17.6 Å². The number of hydrogen-bond acceptors (Lipinski definition) is 6. The molecule has 1 radical (unpaired) electrons. The first-order valence-electron chi connectivity index (χ1n) is 8.00. The summed E-state index contributed by atoms with van der Waals surface area (Å²) >= 11 is 0. The molecular formula is C17H18N3O5. The van der Waals surface area contributed by atoms with E-state index in [1.165, 1.54) is 0 Å². The average molecular weight is 344 g/mol. The van der Waals surface area contributed by atoms with Crippen molar-refractivity contribution in [2.75, 3.05) is 25.1 Å². The number of carbonyl (C=O) groups is 4. The van der Waals surface area contributed by atoms with Crippen LogP contribution in [0.4, 0.5) is 5.69 Å². The maximum Gasteiger partial charge on any atom is 0.264 e. The molecule has 1 saturated heterocycles. The molecule has 1 unspecified atom stereocenters. The van der Waals surface area contributed by atoms with Gasteiger partial charge in [0.25, 0.3) is 11.8 Å². The molecule has 0 spiro atoms. The standard InChI is InChI=1S/C17H18N3O5/c1-2-25-9-8-18-11-5-3-4-10-14(11)17(24)20(16(10)23)12-6-7-13(21)19-15(12)22/h3-5,12,18H,1-2,6-9H2,(H,19,21,22). The number of anilines is 1. The lowest BCUT2D eigenvalue weighted by molar-refractivity contribution is -0.136. The summed E-state index contributed by atoms with van der Waals surface area (Å²) in [4.78, 5) is 49.7. The molecule has 4 amide bonds. The second-order valence-corrected chi connectivity index (χ2v) is 5.71. The third-order valence-electron chi connectivity index (χ3n) is 4.17. The Kier molecular flexibility index (Phi) is 4.80. The predicted octanol–water partition coefficient (Wildman–Crippen LogP) is 0.350. The summed E-state index contributed by atoms with van der Waals surface area (Å²) in [7, 11) is 0. The Morgan fingerprint density at radius 2 is 2.04 bits per heavy atom. The number of imide groups is 2. The molecule has 0 aromatic heterocycles. The number of carbonyl (C=O) groups excluding carboxylic acids is 4. The molecule has 3 rings (SSSR count). The molecule has 1 atom stereocenters. The van der Waals surface area contributed by atoms with E-state index < -0.39 is 29.7 Å². The van der Waals surface area contributed by atoms with Crippen molar-refractivity contribution in [3.63, 3.8) is 0 Å². The highest BCUT2D eigenvalue weighted by molar-refractivity contribution is 6.25. The highest BCUT2D eigenvalue weighted by Gasteiger charge is 2.45. The minimum absolute atomic E-state index is 0.0946. The summed E-state index contributed by atoms with van der Waals surface area (Å²) in [6.45, 7) is 4.77. The highest BCUT2D eigenvalue weighted by atomic mass is 16.5. The number of fused-ring (bicyclic) bond motifs is 1. The Hall–Kier alpha value is -2.74. The maximum absolute atomic E-state index is 12.8. The van der Waals surface area contributed by atoms with Crippen molar-refractivity contribution in [3.05, 3.63) is 36.2 Å². The van der Waals surface area contributed by atoms with E-state index in [-0.39, 0.29) is 24.0 Å². The number of nitrogens with one attached hydrogen (secondary N) is 2. The number of hydrogen-bond donors (Lipinski definition) is 2. The smallest absolute Gasteiger partial charge is 0.264 e. The van der Waals surface area contributed by atoms with E-state index in [1.54, 1.807) is 18.2 Å². The molecule has 2 aliphatic rings. The lowest BCUT2D eigenvalue weighted by Gasteiger charge is -2.27. The normalized spacial score (nSPS) is 19.9. The van der Waals surface area contributed by atoms with Gasteiger partial charge in [0.1, 0.15) is 6.04 Å². The fourth-order valence-corrected chi connectivity index (χ4v) is 3.02. The Bertz CT molecular complexity index is 746. The Balaban J connectivity index is 1.84. The lowest BCUT2D eigenvalue weighted by Crippen LogP contribution is -2.54. The van der Waals surface area contributed by atoms with Crippen LogP contribution in [0.2, 0.25) is 0 Å². The van der Waals surface area contributed by atoms with Crippen LogP contribution >= 0.6 is 0 Å². The van der Waals surface area contributed by atoms with Gasteiger partial charge < -0.3 is 10.1 Å². The molecule has 25 heavy (non-hydrogen) atoms. The number of piperidine rings is 1. The molecule has 8 heteroatoms. The molecule has 1 aromatic carbocycles. The molecule has 2 aliphatic heterocycles. The zero-order valence-corrected chi connectivity index (χ0v) is 13.5. The van der Waals surface area contributed by atoms with Crippen molar-refractivity contribution >= 4 is 29.3 Å². The van der Waals surface area contributed by atoms with Crippen LogP contribution in [0.1, 0.15) is 33.6 Å². The van der Waals surface area contributed by atoms with Gasteiger partial charge in [-0.15, -0.1) is 0 Å². The van der Waals surface area contributed by atoms with Gasteiger partial charge in [-0.1, -0.05) is 6.07 Å². The molecule has 1 aromatic rings. The fraction of sp³-hybridized carbons (Fsp3) is 0.353. The van der Waals surface area contributed by atoms with Gasteiger partial charge in [0.05, 0.1) is 17.7 Å². The van der Waals surface area contributed by atoms with Gasteiger partial charge in [-0.3, -0.25) is 29.4 Å². The second-order valence-electron chi connectivity index (χ2n) is 5.71. The largest absolute Gasteiger partial charge is 0.382 e. The first kappa shape index (κ1) is 17.1. The Labute approximate surface area is 144 Å². The van der Waals surface area contributed by atoms with Crippen LogP contribution in [0.15, 0.2) is 18.2 Å². The van der Waals surface area contributed by atoms with E-state index in [4.69, 9.17) is 4.74 Å². The van der Waals surface area contributed by atoms with E-state index >= 15 is 0 Å². The number of ether oxygens (including phenoxy) is 1. The van der Waals surface area contributed by atoms with Crippen LogP contribution < -0.4 is 10.6 Å². The predicted molar refractivity (Wildman–Crippen MR) is 87.8 cm³/mol. The van der Waals surface area contributed by atoms with Crippen LogP contribution in [0.5, 0.6) is 0 Å². The van der Waals surface area contributed by atoms with Gasteiger partial charge in [0.15, 0.2) is 0 Å². The van der Waals surface area contributed by atoms with Gasteiger partial charge in [0.2, 0.25) is 11.8 Å². The van der Waals surface area contributed by atoms with Crippen LogP contribution in [0, 0.1) is 6.92 Å². The van der Waals surface area contributed by atoms with E-state index in [9.17, 15) is 19.2 Å². The summed E-state index contributed by atoms with van der Waals surface area (Å²) in [5, 5.41) is 5.24. The van der Waals surface area contributed by atoms with Gasteiger partial charge >= 0.3 is 0 Å². The molecule has 0 aliphatic carbocycles. The molecule has 0 saturated carbocycles. The maximum atomic E-state index is 12.8. The van der Waals surface area contributed by atoms with Gasteiger partial charge in [-0.05, 0) is 25.5 Å². The monoisotopic (exact) mass is 344 g/mol. The zero-order chi connectivity index (χ0) is 18.0. The third kappa shape index (κ3) is 3.12. The molecule has 8 nitrogen and oxygen atoms in total. The minimum atomic E-state index is -0.965. The summed E-state index contributed by atoms with van der Waals surface area (Å²) in [5.74, 6) is -2.07. The van der Waals surface area contributed by atoms with E-state index in [0.29, 0.717) is 25.4 Å². The van der Waals surface area contributed by atoms with Crippen molar-refractivity contribution in [1.29, 1.82) is 0 Å². The molecule has 1 fully saturated rings.